The summed E-state index contributed by atoms with van der Waals surface area (Å²) in [7, 11) is 0. The van der Waals surface area contributed by atoms with Gasteiger partial charge in [-0.05, 0) is 25.5 Å². The number of nitrogens with one attached hydrogen (secondary N) is 1. The van der Waals surface area contributed by atoms with Gasteiger partial charge >= 0.3 is 0 Å². The summed E-state index contributed by atoms with van der Waals surface area (Å²) in [4.78, 5) is 2.04. The van der Waals surface area contributed by atoms with Crippen LogP contribution in [0.2, 0.25) is 0 Å². The summed E-state index contributed by atoms with van der Waals surface area (Å²) < 4.78 is 0. The van der Waals surface area contributed by atoms with E-state index in [1.165, 1.54) is 24.1 Å². The molecule has 0 bridgehead atoms. The number of thiophene rings is 1. The number of nitrogens with zero attached hydrogens (tertiary/aromatic N) is 1. The van der Waals surface area contributed by atoms with Crippen LogP contribution in [0, 0.1) is 11.3 Å². The molecule has 0 radical (unpaired) electrons. The third-order valence-corrected chi connectivity index (χ3v) is 3.38. The highest BCUT2D eigenvalue weighted by atomic mass is 32.1. The molecule has 2 nitrogen and oxygen atoms in total. The molecule has 0 aromatic carbocycles. The second kappa shape index (κ2) is 6.60. The lowest BCUT2D eigenvalue weighted by molar-refractivity contribution is 0.497. The van der Waals surface area contributed by atoms with Crippen LogP contribution in [0.3, 0.4) is 0 Å². The first-order valence-electron chi connectivity index (χ1n) is 5.48. The molecule has 0 aliphatic rings. The molecule has 1 unspecified atom stereocenters. The van der Waals surface area contributed by atoms with Gasteiger partial charge in [-0.2, -0.15) is 5.26 Å². The molecular weight excluding hydrogens is 204 g/mol. The summed E-state index contributed by atoms with van der Waals surface area (Å²) in [6.07, 6.45) is 3.76. The topological polar surface area (TPSA) is 35.8 Å². The van der Waals surface area contributed by atoms with E-state index in [-0.39, 0.29) is 0 Å². The van der Waals surface area contributed by atoms with E-state index in [9.17, 15) is 0 Å². The second-order valence-electron chi connectivity index (χ2n) is 3.80. The summed E-state index contributed by atoms with van der Waals surface area (Å²) >= 11 is 1.58. The van der Waals surface area contributed by atoms with Crippen molar-refractivity contribution >= 4 is 11.3 Å². The molecule has 0 aliphatic heterocycles. The molecule has 15 heavy (non-hydrogen) atoms. The van der Waals surface area contributed by atoms with E-state index in [4.69, 9.17) is 5.26 Å². The van der Waals surface area contributed by atoms with Gasteiger partial charge in [0.05, 0.1) is 0 Å². The first-order chi connectivity index (χ1) is 7.26. The molecule has 1 atom stereocenters. The lowest BCUT2D eigenvalue weighted by Gasteiger charge is -2.11. The Hall–Kier alpha value is -0.850. The number of nitriles is 1. The molecule has 1 heterocycles. The maximum atomic E-state index is 8.68. The van der Waals surface area contributed by atoms with Gasteiger partial charge in [-0.25, -0.2) is 0 Å². The van der Waals surface area contributed by atoms with Gasteiger partial charge in [0.1, 0.15) is 10.9 Å². The zero-order chi connectivity index (χ0) is 11.1. The van der Waals surface area contributed by atoms with Crippen LogP contribution in [0.25, 0.3) is 0 Å². The number of unbranched alkanes of at least 4 members (excludes halogenated alkanes) is 1. The van der Waals surface area contributed by atoms with E-state index in [2.05, 4.69) is 25.2 Å². The van der Waals surface area contributed by atoms with Crippen molar-refractivity contribution in [2.24, 2.45) is 0 Å². The fraction of sp³-hybridized carbons (Fsp3) is 0.583. The van der Waals surface area contributed by atoms with Gasteiger partial charge in [-0.3, -0.25) is 0 Å². The summed E-state index contributed by atoms with van der Waals surface area (Å²) in [5, 5.41) is 12.2. The highest BCUT2D eigenvalue weighted by molar-refractivity contribution is 7.12. The van der Waals surface area contributed by atoms with Crippen LogP contribution < -0.4 is 5.32 Å². The minimum Gasteiger partial charge on any atom is -0.309 e. The largest absolute Gasteiger partial charge is 0.309 e. The Balaban J connectivity index is 2.27. The van der Waals surface area contributed by atoms with Gasteiger partial charge in [0, 0.05) is 17.5 Å². The summed E-state index contributed by atoms with van der Waals surface area (Å²) in [6.45, 7) is 5.32. The monoisotopic (exact) mass is 222 g/mol. The van der Waals surface area contributed by atoms with Crippen LogP contribution in [0.5, 0.6) is 0 Å². The molecule has 0 amide bonds. The number of hydrogen-bond acceptors (Lipinski definition) is 3. The van der Waals surface area contributed by atoms with Crippen molar-refractivity contribution in [2.75, 3.05) is 0 Å². The minimum absolute atomic E-state index is 0.567. The van der Waals surface area contributed by atoms with E-state index in [0.717, 1.165) is 11.4 Å². The molecule has 82 valence electrons. The average molecular weight is 222 g/mol. The molecule has 0 saturated carbocycles. The molecule has 0 fully saturated rings. The van der Waals surface area contributed by atoms with Gasteiger partial charge < -0.3 is 5.32 Å². The van der Waals surface area contributed by atoms with Gasteiger partial charge in [0.25, 0.3) is 0 Å². The van der Waals surface area contributed by atoms with Gasteiger partial charge in [-0.1, -0.05) is 19.8 Å². The molecule has 1 aromatic rings. The Kier molecular flexibility index (Phi) is 5.38. The Labute approximate surface area is 95.9 Å². The molecule has 1 N–H and O–H groups in total. The van der Waals surface area contributed by atoms with Crippen LogP contribution >= 0.6 is 11.3 Å². The van der Waals surface area contributed by atoms with Crippen LogP contribution in [0.15, 0.2) is 12.1 Å². The van der Waals surface area contributed by atoms with Gasteiger partial charge in [0.2, 0.25) is 0 Å². The van der Waals surface area contributed by atoms with E-state index in [0.29, 0.717) is 6.04 Å². The fourth-order valence-corrected chi connectivity index (χ4v) is 2.18. The quantitative estimate of drug-likeness (QED) is 0.801. The van der Waals surface area contributed by atoms with Crippen molar-refractivity contribution in [2.45, 2.75) is 45.7 Å². The van der Waals surface area contributed by atoms with Crippen LogP contribution in [-0.4, -0.2) is 6.04 Å². The van der Waals surface area contributed by atoms with E-state index < -0.39 is 0 Å². The highest BCUT2D eigenvalue weighted by Gasteiger charge is 2.02. The van der Waals surface area contributed by atoms with Gasteiger partial charge in [0.15, 0.2) is 0 Å². The predicted molar refractivity (Wildman–Crippen MR) is 64.9 cm³/mol. The third-order valence-electron chi connectivity index (χ3n) is 2.39. The van der Waals surface area contributed by atoms with Crippen LogP contribution in [0.4, 0.5) is 0 Å². The Bertz CT molecular complexity index is 325. The molecule has 0 aliphatic carbocycles. The van der Waals surface area contributed by atoms with Crippen molar-refractivity contribution in [3.63, 3.8) is 0 Å². The first kappa shape index (κ1) is 12.2. The SMILES string of the molecule is CCCCC(C)NCc1ccc(C#N)s1. The van der Waals surface area contributed by atoms with Crippen molar-refractivity contribution in [1.29, 1.82) is 5.26 Å². The Morgan fingerprint density at radius 3 is 2.93 bits per heavy atom. The summed E-state index contributed by atoms with van der Waals surface area (Å²) in [5.74, 6) is 0. The lowest BCUT2D eigenvalue weighted by Crippen LogP contribution is -2.24. The zero-order valence-electron chi connectivity index (χ0n) is 9.42. The van der Waals surface area contributed by atoms with Crippen LogP contribution in [0.1, 0.15) is 42.9 Å². The van der Waals surface area contributed by atoms with Gasteiger partial charge in [-0.15, -0.1) is 11.3 Å². The van der Waals surface area contributed by atoms with Crippen molar-refractivity contribution in [1.82, 2.24) is 5.32 Å². The van der Waals surface area contributed by atoms with Crippen molar-refractivity contribution < 1.29 is 0 Å². The minimum atomic E-state index is 0.567. The number of rotatable bonds is 6. The lowest BCUT2D eigenvalue weighted by atomic mass is 10.1. The molecule has 3 heteroatoms. The second-order valence-corrected chi connectivity index (χ2v) is 4.97. The summed E-state index contributed by atoms with van der Waals surface area (Å²) in [5.41, 5.74) is 0. The third kappa shape index (κ3) is 4.46. The standard InChI is InChI=1S/C12H18N2S/c1-3-4-5-10(2)14-9-12-7-6-11(8-13)15-12/h6-7,10,14H,3-5,9H2,1-2H3. The molecule has 1 rings (SSSR count). The number of hydrogen-bond donors (Lipinski definition) is 1. The molecular formula is C12H18N2S. The molecule has 1 aromatic heterocycles. The molecule has 0 spiro atoms. The van der Waals surface area contributed by atoms with Crippen LogP contribution in [-0.2, 0) is 6.54 Å². The van der Waals surface area contributed by atoms with E-state index >= 15 is 0 Å². The predicted octanol–water partition coefficient (Wildman–Crippen LogP) is 3.29. The zero-order valence-corrected chi connectivity index (χ0v) is 10.2. The normalized spacial score (nSPS) is 12.3. The van der Waals surface area contributed by atoms with Crippen molar-refractivity contribution in [3.05, 3.63) is 21.9 Å². The van der Waals surface area contributed by atoms with E-state index in [1.54, 1.807) is 11.3 Å². The summed E-state index contributed by atoms with van der Waals surface area (Å²) in [6, 6.07) is 6.65. The molecule has 0 saturated heterocycles. The Morgan fingerprint density at radius 2 is 2.33 bits per heavy atom. The maximum absolute atomic E-state index is 8.68. The highest BCUT2D eigenvalue weighted by Crippen LogP contribution is 2.15. The Morgan fingerprint density at radius 1 is 1.53 bits per heavy atom. The van der Waals surface area contributed by atoms with Crippen molar-refractivity contribution in [3.8, 4) is 6.07 Å². The van der Waals surface area contributed by atoms with E-state index in [1.807, 2.05) is 12.1 Å². The average Bonchev–Trinajstić information content (AvgIpc) is 2.71. The fourth-order valence-electron chi connectivity index (χ4n) is 1.42. The maximum Gasteiger partial charge on any atom is 0.110 e. The smallest absolute Gasteiger partial charge is 0.110 e. The first-order valence-corrected chi connectivity index (χ1v) is 6.30.